The van der Waals surface area contributed by atoms with E-state index >= 15 is 0 Å². The van der Waals surface area contributed by atoms with Crippen LogP contribution in [0.5, 0.6) is 0 Å². The summed E-state index contributed by atoms with van der Waals surface area (Å²) in [6.07, 6.45) is 2.63. The van der Waals surface area contributed by atoms with E-state index < -0.39 is 16.0 Å². The number of aliphatic imine (C=N–C) groups is 1. The molecule has 0 fully saturated rings. The molecule has 0 aliphatic carbocycles. The van der Waals surface area contributed by atoms with Gasteiger partial charge in [0.05, 0.1) is 63.3 Å². The highest BCUT2D eigenvalue weighted by Gasteiger charge is 2.22. The molecular formula is C31H42N4O9S. The second kappa shape index (κ2) is 18.3. The molecule has 0 aromatic heterocycles. The van der Waals surface area contributed by atoms with Gasteiger partial charge < -0.3 is 25.1 Å². The van der Waals surface area contributed by atoms with Crippen molar-refractivity contribution in [3.63, 3.8) is 0 Å². The number of benzene rings is 2. The van der Waals surface area contributed by atoms with Crippen LogP contribution in [0.4, 0.5) is 5.69 Å². The van der Waals surface area contributed by atoms with Gasteiger partial charge in [-0.25, -0.2) is 23.2 Å². The second-order valence-electron chi connectivity index (χ2n) is 9.95. The lowest BCUT2D eigenvalue weighted by atomic mass is 10.0. The summed E-state index contributed by atoms with van der Waals surface area (Å²) in [6.45, 7) is 6.13. The fraction of sp³-hybridized carbons (Fsp3) is 0.452. The van der Waals surface area contributed by atoms with Crippen molar-refractivity contribution in [1.29, 1.82) is 0 Å². The van der Waals surface area contributed by atoms with Crippen molar-refractivity contribution in [2.75, 3.05) is 59.3 Å². The predicted molar refractivity (Wildman–Crippen MR) is 169 cm³/mol. The third-order valence-corrected chi connectivity index (χ3v) is 7.89. The van der Waals surface area contributed by atoms with Crippen LogP contribution in [0.1, 0.15) is 38.7 Å². The number of nitrogens with one attached hydrogen (secondary N) is 1. The molecule has 0 radical (unpaired) electrons. The standard InChI is InChI=1S/C31H42N4O9S/c1-3-12-35(44-4-2)31(38)26-19-25-9-8-24(21-28(25)34-29(32)22-26)23-6-5-7-27(20-23)45(39,40)33-11-14-42-16-18-43-17-15-41-13-10-30(36)37/h5-9,19-21,33H,3-4,10-18,22H2,1-2H3,(H2,32,34)(H,36,37). The molecule has 0 saturated heterocycles. The van der Waals surface area contributed by atoms with Crippen molar-refractivity contribution < 1.29 is 42.2 Å². The van der Waals surface area contributed by atoms with Gasteiger partial charge in [0, 0.05) is 30.6 Å². The molecule has 4 N–H and O–H groups in total. The van der Waals surface area contributed by atoms with Crippen LogP contribution in [0.15, 0.2) is 57.9 Å². The number of carbonyl (C=O) groups is 2. The fourth-order valence-corrected chi connectivity index (χ4v) is 5.39. The number of nitrogens with two attached hydrogens (primary N) is 1. The number of sulfonamides is 1. The van der Waals surface area contributed by atoms with Crippen LogP contribution < -0.4 is 10.5 Å². The molecule has 0 bridgehead atoms. The van der Waals surface area contributed by atoms with Gasteiger partial charge >= 0.3 is 5.97 Å². The molecule has 2 aromatic rings. The third kappa shape index (κ3) is 11.7. The molecule has 45 heavy (non-hydrogen) atoms. The minimum atomic E-state index is -3.80. The van der Waals surface area contributed by atoms with Gasteiger partial charge in [-0.3, -0.25) is 14.4 Å². The Morgan fingerprint density at radius 2 is 1.67 bits per heavy atom. The van der Waals surface area contributed by atoms with E-state index in [1.807, 2.05) is 32.0 Å². The molecule has 1 aliphatic heterocycles. The van der Waals surface area contributed by atoms with E-state index in [0.29, 0.717) is 43.2 Å². The summed E-state index contributed by atoms with van der Waals surface area (Å²) < 4.78 is 44.3. The zero-order chi connectivity index (χ0) is 32.7. The number of amides is 1. The van der Waals surface area contributed by atoms with Crippen LogP contribution in [0.25, 0.3) is 17.2 Å². The molecular weight excluding hydrogens is 604 g/mol. The largest absolute Gasteiger partial charge is 0.481 e. The number of fused-ring (bicyclic) bond motifs is 1. The van der Waals surface area contributed by atoms with Crippen molar-refractivity contribution in [3.8, 4) is 11.1 Å². The van der Waals surface area contributed by atoms with E-state index in [-0.39, 0.29) is 62.5 Å². The van der Waals surface area contributed by atoms with Crippen molar-refractivity contribution in [3.05, 3.63) is 53.6 Å². The molecule has 1 amide bonds. The normalized spacial score (nSPS) is 13.0. The minimum Gasteiger partial charge on any atom is -0.481 e. The highest BCUT2D eigenvalue weighted by atomic mass is 32.2. The number of carboxylic acids is 1. The van der Waals surface area contributed by atoms with Gasteiger partial charge in [0.15, 0.2) is 0 Å². The lowest BCUT2D eigenvalue weighted by Crippen LogP contribution is -2.34. The van der Waals surface area contributed by atoms with Crippen molar-refractivity contribution in [2.24, 2.45) is 10.7 Å². The average Bonchev–Trinajstić information content (AvgIpc) is 3.18. The number of aliphatic carboxylic acids is 1. The Kier molecular flexibility index (Phi) is 14.6. The quantitative estimate of drug-likeness (QED) is 0.143. The van der Waals surface area contributed by atoms with Crippen molar-refractivity contribution in [1.82, 2.24) is 9.79 Å². The van der Waals surface area contributed by atoms with Crippen LogP contribution in [-0.4, -0.2) is 95.6 Å². The van der Waals surface area contributed by atoms with Crippen LogP contribution in [0.3, 0.4) is 0 Å². The monoisotopic (exact) mass is 646 g/mol. The number of ether oxygens (including phenoxy) is 3. The van der Waals surface area contributed by atoms with E-state index in [1.54, 1.807) is 24.3 Å². The molecule has 0 spiro atoms. The maximum Gasteiger partial charge on any atom is 0.305 e. The van der Waals surface area contributed by atoms with Crippen LogP contribution >= 0.6 is 0 Å². The van der Waals surface area contributed by atoms with Crippen LogP contribution in [-0.2, 0) is 38.7 Å². The number of hydrogen-bond donors (Lipinski definition) is 3. The highest BCUT2D eigenvalue weighted by Crippen LogP contribution is 2.32. The Labute approximate surface area is 264 Å². The average molecular weight is 647 g/mol. The fourth-order valence-electron chi connectivity index (χ4n) is 4.33. The SMILES string of the molecule is CCCN(OCC)C(=O)C1=Cc2ccc(-c3cccc(S(=O)(=O)NCCOCCOCCOCCC(=O)O)c3)cc2N=C(N)C1. The Morgan fingerprint density at radius 1 is 0.978 bits per heavy atom. The minimum absolute atomic E-state index is 0.0565. The molecule has 0 saturated carbocycles. The molecule has 2 aromatic carbocycles. The summed E-state index contributed by atoms with van der Waals surface area (Å²) in [5.74, 6) is -0.885. The van der Waals surface area contributed by atoms with Crippen LogP contribution in [0, 0.1) is 0 Å². The van der Waals surface area contributed by atoms with E-state index in [9.17, 15) is 18.0 Å². The van der Waals surface area contributed by atoms with Gasteiger partial charge in [0.1, 0.15) is 5.84 Å². The molecule has 1 aliphatic rings. The Hall–Kier alpha value is -3.66. The van der Waals surface area contributed by atoms with E-state index in [2.05, 4.69) is 9.71 Å². The smallest absolute Gasteiger partial charge is 0.305 e. The first-order valence-electron chi connectivity index (χ1n) is 14.8. The van der Waals surface area contributed by atoms with E-state index in [4.69, 9.17) is 29.9 Å². The number of hydroxylamine groups is 2. The lowest BCUT2D eigenvalue weighted by molar-refractivity contribution is -0.180. The topological polar surface area (TPSA) is 179 Å². The Morgan fingerprint density at radius 3 is 2.36 bits per heavy atom. The third-order valence-electron chi connectivity index (χ3n) is 6.43. The van der Waals surface area contributed by atoms with Gasteiger partial charge in [-0.2, -0.15) is 0 Å². The first kappa shape index (κ1) is 35.8. The van der Waals surface area contributed by atoms with Gasteiger partial charge in [0.2, 0.25) is 10.0 Å². The van der Waals surface area contributed by atoms with E-state index in [0.717, 1.165) is 17.5 Å². The first-order valence-corrected chi connectivity index (χ1v) is 16.3. The summed E-state index contributed by atoms with van der Waals surface area (Å²) >= 11 is 0. The highest BCUT2D eigenvalue weighted by molar-refractivity contribution is 7.89. The number of nitrogens with zero attached hydrogens (tertiary/aromatic N) is 2. The van der Waals surface area contributed by atoms with E-state index in [1.165, 1.54) is 11.1 Å². The molecule has 14 heteroatoms. The first-order chi connectivity index (χ1) is 21.6. The predicted octanol–water partition coefficient (Wildman–Crippen LogP) is 3.12. The molecule has 1 heterocycles. The van der Waals surface area contributed by atoms with Gasteiger partial charge in [-0.1, -0.05) is 31.2 Å². The number of carboxylic acid groups (broad SMARTS) is 1. The van der Waals surface area contributed by atoms with Crippen molar-refractivity contribution >= 4 is 39.5 Å². The molecule has 3 rings (SSSR count). The summed E-state index contributed by atoms with van der Waals surface area (Å²) in [5, 5.41) is 9.90. The summed E-state index contributed by atoms with van der Waals surface area (Å²) in [5.41, 5.74) is 9.36. The van der Waals surface area contributed by atoms with Gasteiger partial charge in [-0.05, 0) is 48.7 Å². The lowest BCUT2D eigenvalue weighted by Gasteiger charge is -2.21. The number of hydrogen-bond acceptors (Lipinski definition) is 10. The second-order valence-corrected chi connectivity index (χ2v) is 11.7. The number of rotatable bonds is 20. The van der Waals surface area contributed by atoms with Gasteiger partial charge in [-0.15, -0.1) is 0 Å². The number of carbonyl (C=O) groups excluding carboxylic acids is 1. The maximum absolute atomic E-state index is 13.1. The summed E-state index contributed by atoms with van der Waals surface area (Å²) in [4.78, 5) is 33.7. The molecule has 13 nitrogen and oxygen atoms in total. The van der Waals surface area contributed by atoms with Gasteiger partial charge in [0.25, 0.3) is 5.91 Å². The zero-order valence-electron chi connectivity index (χ0n) is 25.7. The van der Waals surface area contributed by atoms with Crippen LogP contribution in [0.2, 0.25) is 0 Å². The molecule has 246 valence electrons. The summed E-state index contributed by atoms with van der Waals surface area (Å²) in [7, 11) is -3.80. The summed E-state index contributed by atoms with van der Waals surface area (Å²) in [6, 6.07) is 12.1. The zero-order valence-corrected chi connectivity index (χ0v) is 26.5. The van der Waals surface area contributed by atoms with Crippen molar-refractivity contribution in [2.45, 2.75) is 38.0 Å². The Bertz CT molecular complexity index is 1450. The Balaban J connectivity index is 1.57. The molecule has 0 atom stereocenters. The molecule has 0 unspecified atom stereocenters. The maximum atomic E-state index is 13.1. The number of amidine groups is 1.